The highest BCUT2D eigenvalue weighted by Crippen LogP contribution is 2.54. The summed E-state index contributed by atoms with van der Waals surface area (Å²) in [6.45, 7) is 0. The van der Waals surface area contributed by atoms with Gasteiger partial charge in [0.05, 0.1) is 5.52 Å². The van der Waals surface area contributed by atoms with Crippen molar-refractivity contribution in [3.63, 3.8) is 0 Å². The quantitative estimate of drug-likeness (QED) is 0.628. The molecule has 0 radical (unpaired) electrons. The number of fused-ring (bicyclic) bond motifs is 4. The largest absolute Gasteiger partial charge is 0.253 e. The molecule has 2 aromatic rings. The van der Waals surface area contributed by atoms with Crippen LogP contribution >= 0.6 is 0 Å². The summed E-state index contributed by atoms with van der Waals surface area (Å²) >= 11 is 0. The van der Waals surface area contributed by atoms with Gasteiger partial charge in [-0.1, -0.05) is 18.2 Å². The highest BCUT2D eigenvalue weighted by atomic mass is 14.7. The summed E-state index contributed by atoms with van der Waals surface area (Å²) in [6, 6.07) is 10.8. The number of benzene rings is 1. The lowest BCUT2D eigenvalue weighted by Crippen LogP contribution is -2.04. The monoisotopic (exact) mass is 195 g/mol. The first-order valence-corrected chi connectivity index (χ1v) is 5.80. The maximum atomic E-state index is 4.79. The van der Waals surface area contributed by atoms with Crippen LogP contribution in [0.3, 0.4) is 0 Å². The van der Waals surface area contributed by atoms with Gasteiger partial charge in [0.15, 0.2) is 0 Å². The number of hydrogen-bond acceptors (Lipinski definition) is 1. The van der Waals surface area contributed by atoms with Crippen LogP contribution in [0.5, 0.6) is 0 Å². The number of aryl methyl sites for hydroxylation is 1. The number of nitrogens with zero attached hydrogens (tertiary/aromatic N) is 1. The number of hydrogen-bond donors (Lipinski definition) is 0. The molecule has 4 rings (SSSR count). The van der Waals surface area contributed by atoms with Crippen LogP contribution in [0.15, 0.2) is 30.3 Å². The Labute approximate surface area is 89.1 Å². The molecule has 1 heterocycles. The molecule has 0 saturated heterocycles. The van der Waals surface area contributed by atoms with Crippen molar-refractivity contribution in [1.82, 2.24) is 4.98 Å². The van der Waals surface area contributed by atoms with Gasteiger partial charge in [0.25, 0.3) is 0 Å². The smallest absolute Gasteiger partial charge is 0.0705 e. The molecule has 2 atom stereocenters. The Morgan fingerprint density at radius 2 is 2.13 bits per heavy atom. The third-order valence-electron chi connectivity index (χ3n) is 3.91. The van der Waals surface area contributed by atoms with Crippen LogP contribution in [0.4, 0.5) is 0 Å². The zero-order valence-electron chi connectivity index (χ0n) is 8.61. The second-order valence-electron chi connectivity index (χ2n) is 4.86. The van der Waals surface area contributed by atoms with Gasteiger partial charge >= 0.3 is 0 Å². The van der Waals surface area contributed by atoms with E-state index in [1.54, 1.807) is 5.56 Å². The predicted molar refractivity (Wildman–Crippen MR) is 60.9 cm³/mol. The lowest BCUT2D eigenvalue weighted by molar-refractivity contribution is 0.655. The summed E-state index contributed by atoms with van der Waals surface area (Å²) in [4.78, 5) is 4.79. The molecule has 0 bridgehead atoms. The molecule has 1 fully saturated rings. The van der Waals surface area contributed by atoms with E-state index in [9.17, 15) is 0 Å². The zero-order chi connectivity index (χ0) is 9.83. The Bertz CT molecular complexity index is 544. The Morgan fingerprint density at radius 3 is 3.13 bits per heavy atom. The Kier molecular flexibility index (Phi) is 1.36. The maximum Gasteiger partial charge on any atom is 0.0705 e. The van der Waals surface area contributed by atoms with Crippen molar-refractivity contribution in [1.29, 1.82) is 0 Å². The van der Waals surface area contributed by atoms with Gasteiger partial charge in [-0.2, -0.15) is 0 Å². The van der Waals surface area contributed by atoms with Gasteiger partial charge in [-0.25, -0.2) is 0 Å². The van der Waals surface area contributed by atoms with Crippen molar-refractivity contribution in [2.75, 3.05) is 0 Å². The lowest BCUT2D eigenvalue weighted by Gasteiger charge is -2.14. The first kappa shape index (κ1) is 7.86. The Hall–Kier alpha value is -1.37. The average Bonchev–Trinajstić information content (AvgIpc) is 3.06. The van der Waals surface area contributed by atoms with E-state index >= 15 is 0 Å². The topological polar surface area (TPSA) is 12.9 Å². The molecule has 1 heteroatoms. The van der Waals surface area contributed by atoms with Crippen molar-refractivity contribution in [2.45, 2.75) is 25.2 Å². The molecular formula is C14H13N. The van der Waals surface area contributed by atoms with Gasteiger partial charge in [-0.05, 0) is 48.8 Å². The van der Waals surface area contributed by atoms with Crippen LogP contribution < -0.4 is 0 Å². The van der Waals surface area contributed by atoms with Crippen LogP contribution in [0.25, 0.3) is 10.9 Å². The first-order chi connectivity index (χ1) is 7.42. The first-order valence-electron chi connectivity index (χ1n) is 5.80. The standard InChI is InChI=1S/C14H13N/c1-2-4-13-10(3-1)8-12-11-7-9(11)5-6-14(12)15-13/h1-4,8-9,11H,5-7H2. The minimum absolute atomic E-state index is 0.853. The van der Waals surface area contributed by atoms with E-state index in [1.807, 2.05) is 0 Å². The molecule has 15 heavy (non-hydrogen) atoms. The number of rotatable bonds is 0. The molecule has 1 nitrogen and oxygen atoms in total. The number of aromatic nitrogens is 1. The van der Waals surface area contributed by atoms with Crippen LogP contribution in [0, 0.1) is 5.92 Å². The Morgan fingerprint density at radius 1 is 1.20 bits per heavy atom. The minimum atomic E-state index is 0.853. The van der Waals surface area contributed by atoms with E-state index in [0.29, 0.717) is 0 Å². The second-order valence-corrected chi connectivity index (χ2v) is 4.86. The zero-order valence-corrected chi connectivity index (χ0v) is 8.61. The van der Waals surface area contributed by atoms with Crippen LogP contribution in [-0.2, 0) is 6.42 Å². The van der Waals surface area contributed by atoms with Crippen LogP contribution in [0.1, 0.15) is 30.0 Å². The van der Waals surface area contributed by atoms with Gasteiger partial charge in [-0.15, -0.1) is 0 Å². The van der Waals surface area contributed by atoms with E-state index in [4.69, 9.17) is 4.98 Å². The molecule has 1 saturated carbocycles. The molecule has 0 spiro atoms. The van der Waals surface area contributed by atoms with Crippen molar-refractivity contribution in [3.05, 3.63) is 41.6 Å². The van der Waals surface area contributed by atoms with Crippen LogP contribution in [-0.4, -0.2) is 4.98 Å². The Balaban J connectivity index is 2.02. The highest BCUT2D eigenvalue weighted by Gasteiger charge is 2.42. The van der Waals surface area contributed by atoms with Crippen LogP contribution in [0.2, 0.25) is 0 Å². The lowest BCUT2D eigenvalue weighted by atomic mass is 9.95. The molecule has 74 valence electrons. The van der Waals surface area contributed by atoms with Crippen molar-refractivity contribution in [2.24, 2.45) is 5.92 Å². The molecular weight excluding hydrogens is 182 g/mol. The third kappa shape index (κ3) is 1.06. The van der Waals surface area contributed by atoms with E-state index in [-0.39, 0.29) is 0 Å². The second kappa shape index (κ2) is 2.60. The van der Waals surface area contributed by atoms with E-state index < -0.39 is 0 Å². The fraction of sp³-hybridized carbons (Fsp3) is 0.357. The summed E-state index contributed by atoms with van der Waals surface area (Å²) in [5, 5.41) is 1.31. The molecule has 1 aromatic heterocycles. The van der Waals surface area contributed by atoms with Crippen molar-refractivity contribution in [3.8, 4) is 0 Å². The van der Waals surface area contributed by atoms with Gasteiger partial charge in [0.2, 0.25) is 0 Å². The number of pyridine rings is 1. The molecule has 1 aromatic carbocycles. The summed E-state index contributed by atoms with van der Waals surface area (Å²) in [7, 11) is 0. The fourth-order valence-corrected chi connectivity index (χ4v) is 2.96. The van der Waals surface area contributed by atoms with E-state index in [0.717, 1.165) is 17.4 Å². The molecule has 0 aliphatic heterocycles. The van der Waals surface area contributed by atoms with E-state index in [2.05, 4.69) is 30.3 Å². The van der Waals surface area contributed by atoms with E-state index in [1.165, 1.54) is 30.3 Å². The van der Waals surface area contributed by atoms with Gasteiger partial charge in [0.1, 0.15) is 0 Å². The summed E-state index contributed by atoms with van der Waals surface area (Å²) in [5.74, 6) is 1.84. The average molecular weight is 195 g/mol. The summed E-state index contributed by atoms with van der Waals surface area (Å²) in [6.07, 6.45) is 3.97. The van der Waals surface area contributed by atoms with Gasteiger partial charge in [-0.3, -0.25) is 4.98 Å². The highest BCUT2D eigenvalue weighted by molar-refractivity contribution is 5.79. The molecule has 2 unspecified atom stereocenters. The fourth-order valence-electron chi connectivity index (χ4n) is 2.96. The normalized spacial score (nSPS) is 27.2. The molecule has 2 aliphatic carbocycles. The molecule has 0 N–H and O–H groups in total. The minimum Gasteiger partial charge on any atom is -0.253 e. The number of para-hydroxylation sites is 1. The maximum absolute atomic E-state index is 4.79. The van der Waals surface area contributed by atoms with Gasteiger partial charge < -0.3 is 0 Å². The third-order valence-corrected chi connectivity index (χ3v) is 3.91. The SMILES string of the molecule is c1ccc2nc3c(cc2c1)C1CC1CC3. The predicted octanol–water partition coefficient (Wildman–Crippen LogP) is 3.28. The van der Waals surface area contributed by atoms with Crippen molar-refractivity contribution >= 4 is 10.9 Å². The van der Waals surface area contributed by atoms with Gasteiger partial charge in [0, 0.05) is 11.1 Å². The summed E-state index contributed by atoms with van der Waals surface area (Å²) < 4.78 is 0. The van der Waals surface area contributed by atoms with Crippen molar-refractivity contribution < 1.29 is 0 Å². The summed E-state index contributed by atoms with van der Waals surface area (Å²) in [5.41, 5.74) is 4.08. The molecule has 0 amide bonds. The molecule has 2 aliphatic rings.